The molecule has 136 valence electrons. The summed E-state index contributed by atoms with van der Waals surface area (Å²) in [5, 5.41) is 3.88. The Kier molecular flexibility index (Phi) is 6.26. The second-order valence-corrected chi connectivity index (χ2v) is 7.95. The summed E-state index contributed by atoms with van der Waals surface area (Å²) < 4.78 is 0. The van der Waals surface area contributed by atoms with Gasteiger partial charge in [0.25, 0.3) is 5.91 Å². The Labute approximate surface area is 158 Å². The Balaban J connectivity index is 1.68. The molecule has 0 spiro atoms. The molecule has 4 nitrogen and oxygen atoms in total. The topological polar surface area (TPSA) is 48.1 Å². The number of benzene rings is 1. The van der Waals surface area contributed by atoms with E-state index in [4.69, 9.17) is 23.2 Å². The van der Waals surface area contributed by atoms with Crippen LogP contribution in [-0.4, -0.2) is 40.3 Å². The molecule has 2 aromatic rings. The molecule has 1 fully saturated rings. The van der Waals surface area contributed by atoms with Crippen LogP contribution < -0.4 is 5.32 Å². The van der Waals surface area contributed by atoms with E-state index in [0.29, 0.717) is 5.69 Å². The van der Waals surface area contributed by atoms with Gasteiger partial charge in [-0.2, -0.15) is 0 Å². The highest BCUT2D eigenvalue weighted by Gasteiger charge is 2.23. The van der Waals surface area contributed by atoms with Crippen LogP contribution in [0.2, 0.25) is 0 Å². The maximum Gasteiger partial charge on any atom is 0.257 e. The molecule has 0 radical (unpaired) electrons. The molecule has 0 unspecified atom stereocenters. The number of alkyl halides is 2. The highest BCUT2D eigenvalue weighted by molar-refractivity contribution is 6.54. The van der Waals surface area contributed by atoms with Gasteiger partial charge in [0.2, 0.25) is 0 Å². The normalized spacial score (nSPS) is 14.6. The number of halogens is 2. The van der Waals surface area contributed by atoms with Gasteiger partial charge in [-0.05, 0) is 61.9 Å². The van der Waals surface area contributed by atoms with Gasteiger partial charge < -0.3 is 15.2 Å². The predicted octanol–water partition coefficient (Wildman–Crippen LogP) is 4.57. The summed E-state index contributed by atoms with van der Waals surface area (Å²) in [5.41, 5.74) is 3.06. The summed E-state index contributed by atoms with van der Waals surface area (Å²) in [7, 11) is 0. The monoisotopic (exact) mass is 381 g/mol. The number of anilines is 1. The summed E-state index contributed by atoms with van der Waals surface area (Å²) in [4.78, 5) is 16.5. The highest BCUT2D eigenvalue weighted by Crippen LogP contribution is 2.30. The van der Waals surface area contributed by atoms with Crippen molar-refractivity contribution in [1.82, 2.24) is 9.88 Å². The van der Waals surface area contributed by atoms with E-state index in [1.807, 2.05) is 18.2 Å². The lowest BCUT2D eigenvalue weighted by molar-refractivity contribution is -0.114. The van der Waals surface area contributed by atoms with Gasteiger partial charge in [0.15, 0.2) is 4.84 Å². The minimum absolute atomic E-state index is 0.404. The molecule has 2 N–H and O–H groups in total. The van der Waals surface area contributed by atoms with Gasteiger partial charge >= 0.3 is 0 Å². The highest BCUT2D eigenvalue weighted by atomic mass is 35.5. The van der Waals surface area contributed by atoms with Crippen molar-refractivity contribution in [3.8, 4) is 0 Å². The molecule has 1 saturated carbocycles. The molecule has 6 heteroatoms. The van der Waals surface area contributed by atoms with Crippen LogP contribution >= 0.6 is 23.2 Å². The molecule has 0 saturated heterocycles. The lowest BCUT2D eigenvalue weighted by atomic mass is 10.1. The summed E-state index contributed by atoms with van der Waals surface area (Å²) in [6, 6.07) is 5.81. The van der Waals surface area contributed by atoms with Crippen LogP contribution in [0.5, 0.6) is 0 Å². The van der Waals surface area contributed by atoms with Crippen LogP contribution in [0.4, 0.5) is 5.69 Å². The van der Waals surface area contributed by atoms with Gasteiger partial charge in [0, 0.05) is 35.9 Å². The van der Waals surface area contributed by atoms with E-state index < -0.39 is 10.7 Å². The maximum absolute atomic E-state index is 11.7. The van der Waals surface area contributed by atoms with Crippen molar-refractivity contribution in [3.05, 3.63) is 30.0 Å². The second-order valence-electron chi connectivity index (χ2n) is 6.86. The van der Waals surface area contributed by atoms with Gasteiger partial charge in [-0.15, -0.1) is 0 Å². The molecular weight excluding hydrogens is 357 g/mol. The van der Waals surface area contributed by atoms with Crippen molar-refractivity contribution in [2.45, 2.75) is 37.4 Å². The average molecular weight is 382 g/mol. The number of carbonyl (C=O) groups is 1. The van der Waals surface area contributed by atoms with Crippen LogP contribution in [-0.2, 0) is 11.2 Å². The Morgan fingerprint density at radius 3 is 2.84 bits per heavy atom. The minimum Gasteiger partial charge on any atom is -0.361 e. The zero-order valence-electron chi connectivity index (χ0n) is 14.5. The van der Waals surface area contributed by atoms with E-state index in [1.165, 1.54) is 31.4 Å². The first-order valence-electron chi connectivity index (χ1n) is 8.98. The third kappa shape index (κ3) is 5.13. The largest absolute Gasteiger partial charge is 0.361 e. The number of aromatic amines is 1. The molecular formula is C19H25Cl2N3O. The van der Waals surface area contributed by atoms with E-state index in [-0.39, 0.29) is 0 Å². The third-order valence-electron chi connectivity index (χ3n) is 4.68. The van der Waals surface area contributed by atoms with E-state index in [0.717, 1.165) is 36.3 Å². The number of amides is 1. The molecule has 25 heavy (non-hydrogen) atoms. The van der Waals surface area contributed by atoms with Crippen molar-refractivity contribution in [3.63, 3.8) is 0 Å². The number of nitrogens with zero attached hydrogens (tertiary/aromatic N) is 1. The standard InChI is InChI=1S/C19H25Cl2N3O/c1-2-8-24(12-13-3-4-13)9-7-14-11-22-17-6-5-15(10-16(14)17)23-19(25)18(20)21/h5-6,10-11,13,18,22H,2-4,7-9,12H2,1H3,(H,23,25). The average Bonchev–Trinajstić information content (AvgIpc) is 3.31. The smallest absolute Gasteiger partial charge is 0.257 e. The zero-order chi connectivity index (χ0) is 17.8. The summed E-state index contributed by atoms with van der Waals surface area (Å²) in [6.45, 7) is 5.69. The Morgan fingerprint density at radius 2 is 2.16 bits per heavy atom. The number of hydrogen-bond donors (Lipinski definition) is 2. The fraction of sp³-hybridized carbons (Fsp3) is 0.526. The van der Waals surface area contributed by atoms with Crippen molar-refractivity contribution in [2.24, 2.45) is 5.92 Å². The fourth-order valence-electron chi connectivity index (χ4n) is 3.21. The van der Waals surface area contributed by atoms with Gasteiger partial charge in [-0.1, -0.05) is 30.1 Å². The second kappa shape index (κ2) is 8.43. The molecule has 3 rings (SSSR count). The SMILES string of the molecule is CCCN(CCc1c[nH]c2ccc(NC(=O)C(Cl)Cl)cc12)CC1CC1. The maximum atomic E-state index is 11.7. The van der Waals surface area contributed by atoms with Crippen molar-refractivity contribution < 1.29 is 4.79 Å². The van der Waals surface area contributed by atoms with Crippen molar-refractivity contribution >= 4 is 45.7 Å². The Hall–Kier alpha value is -1.23. The summed E-state index contributed by atoms with van der Waals surface area (Å²) in [5.74, 6) is 0.508. The molecule has 1 aliphatic carbocycles. The first kappa shape index (κ1) is 18.6. The molecule has 1 amide bonds. The molecule has 0 atom stereocenters. The zero-order valence-corrected chi connectivity index (χ0v) is 16.0. The number of aromatic nitrogens is 1. The number of fused-ring (bicyclic) bond motifs is 1. The van der Waals surface area contributed by atoms with Gasteiger partial charge in [-0.25, -0.2) is 0 Å². The Morgan fingerprint density at radius 1 is 1.36 bits per heavy atom. The van der Waals surface area contributed by atoms with E-state index >= 15 is 0 Å². The minimum atomic E-state index is -1.06. The number of rotatable bonds is 9. The molecule has 1 aromatic carbocycles. The number of carbonyl (C=O) groups excluding carboxylic acids is 1. The van der Waals surface area contributed by atoms with Crippen LogP contribution in [0, 0.1) is 5.92 Å². The molecule has 1 aliphatic rings. The molecule has 0 bridgehead atoms. The van der Waals surface area contributed by atoms with Gasteiger partial charge in [0.1, 0.15) is 0 Å². The predicted molar refractivity (Wildman–Crippen MR) is 106 cm³/mol. The lowest BCUT2D eigenvalue weighted by Gasteiger charge is -2.21. The van der Waals surface area contributed by atoms with E-state index in [9.17, 15) is 4.79 Å². The van der Waals surface area contributed by atoms with Crippen molar-refractivity contribution in [2.75, 3.05) is 25.0 Å². The van der Waals surface area contributed by atoms with Crippen LogP contribution in [0.25, 0.3) is 10.9 Å². The molecule has 0 aliphatic heterocycles. The Bertz CT molecular complexity index is 725. The number of nitrogens with one attached hydrogen (secondary N) is 2. The summed E-state index contributed by atoms with van der Waals surface area (Å²) in [6.07, 6.45) is 7.03. The molecule has 1 heterocycles. The summed E-state index contributed by atoms with van der Waals surface area (Å²) >= 11 is 11.2. The van der Waals surface area contributed by atoms with Gasteiger partial charge in [-0.3, -0.25) is 4.79 Å². The van der Waals surface area contributed by atoms with Crippen LogP contribution in [0.1, 0.15) is 31.7 Å². The van der Waals surface area contributed by atoms with Crippen molar-refractivity contribution in [1.29, 1.82) is 0 Å². The quantitative estimate of drug-likeness (QED) is 0.624. The van der Waals surface area contributed by atoms with Crippen LogP contribution in [0.15, 0.2) is 24.4 Å². The fourth-order valence-corrected chi connectivity index (χ4v) is 3.32. The first-order chi connectivity index (χ1) is 12.1. The first-order valence-corrected chi connectivity index (χ1v) is 9.85. The number of H-pyrrole nitrogens is 1. The van der Waals surface area contributed by atoms with E-state index in [1.54, 1.807) is 0 Å². The van der Waals surface area contributed by atoms with E-state index in [2.05, 4.69) is 28.3 Å². The third-order valence-corrected chi connectivity index (χ3v) is 5.08. The molecule has 1 aromatic heterocycles. The van der Waals surface area contributed by atoms with Crippen LogP contribution in [0.3, 0.4) is 0 Å². The lowest BCUT2D eigenvalue weighted by Crippen LogP contribution is -2.29. The van der Waals surface area contributed by atoms with Gasteiger partial charge in [0.05, 0.1) is 0 Å². The number of hydrogen-bond acceptors (Lipinski definition) is 2.